The van der Waals surface area contributed by atoms with Crippen LogP contribution in [-0.4, -0.2) is 45.2 Å². The Morgan fingerprint density at radius 2 is 1.86 bits per heavy atom. The molecule has 0 saturated heterocycles. The van der Waals surface area contributed by atoms with Gasteiger partial charge in [0.15, 0.2) is 0 Å². The molecule has 0 amide bonds. The molecule has 0 aromatic heterocycles. The predicted octanol–water partition coefficient (Wildman–Crippen LogP) is 3.25. The van der Waals surface area contributed by atoms with Gasteiger partial charge in [-0.1, -0.05) is 25.3 Å². The van der Waals surface area contributed by atoms with Gasteiger partial charge in [0.05, 0.1) is 5.69 Å². The summed E-state index contributed by atoms with van der Waals surface area (Å²) in [4.78, 5) is 4.30. The van der Waals surface area contributed by atoms with Gasteiger partial charge in [-0.05, 0) is 44.6 Å². The summed E-state index contributed by atoms with van der Waals surface area (Å²) in [5.41, 5.74) is 1.90. The SMILES string of the molecule is CN(C)CCNCc1ccc(F)c(N(C)C2CCCCC2)c1. The fourth-order valence-electron chi connectivity index (χ4n) is 3.14. The number of rotatable bonds is 7. The molecule has 1 fully saturated rings. The third-order valence-electron chi connectivity index (χ3n) is 4.58. The summed E-state index contributed by atoms with van der Waals surface area (Å²) in [6.07, 6.45) is 6.22. The fraction of sp³-hybridized carbons (Fsp3) is 0.667. The van der Waals surface area contributed by atoms with E-state index in [9.17, 15) is 4.39 Å². The summed E-state index contributed by atoms with van der Waals surface area (Å²) >= 11 is 0. The summed E-state index contributed by atoms with van der Waals surface area (Å²) in [5.74, 6) is -0.106. The Bertz CT molecular complexity index is 456. The van der Waals surface area contributed by atoms with E-state index in [0.717, 1.165) is 30.9 Å². The van der Waals surface area contributed by atoms with Gasteiger partial charge in [0.1, 0.15) is 5.82 Å². The maximum atomic E-state index is 14.2. The molecule has 1 aliphatic rings. The number of nitrogens with zero attached hydrogens (tertiary/aromatic N) is 2. The molecule has 2 rings (SSSR count). The highest BCUT2D eigenvalue weighted by molar-refractivity contribution is 5.50. The van der Waals surface area contributed by atoms with E-state index in [2.05, 4.69) is 29.2 Å². The smallest absolute Gasteiger partial charge is 0.146 e. The van der Waals surface area contributed by atoms with Gasteiger partial charge in [-0.2, -0.15) is 0 Å². The van der Waals surface area contributed by atoms with Crippen LogP contribution in [0.15, 0.2) is 18.2 Å². The van der Waals surface area contributed by atoms with Crippen LogP contribution in [0, 0.1) is 5.82 Å². The van der Waals surface area contributed by atoms with Crippen LogP contribution in [0.25, 0.3) is 0 Å². The lowest BCUT2D eigenvalue weighted by Gasteiger charge is -2.33. The number of nitrogens with one attached hydrogen (secondary N) is 1. The van der Waals surface area contributed by atoms with E-state index in [4.69, 9.17) is 0 Å². The van der Waals surface area contributed by atoms with Crippen molar-refractivity contribution >= 4 is 5.69 Å². The monoisotopic (exact) mass is 307 g/mol. The second kappa shape index (κ2) is 8.49. The van der Waals surface area contributed by atoms with E-state index in [0.29, 0.717) is 6.04 Å². The lowest BCUT2D eigenvalue weighted by molar-refractivity contribution is 0.400. The highest BCUT2D eigenvalue weighted by Gasteiger charge is 2.20. The molecule has 0 bridgehead atoms. The van der Waals surface area contributed by atoms with Crippen molar-refractivity contribution in [1.29, 1.82) is 0 Å². The van der Waals surface area contributed by atoms with Gasteiger partial charge in [0.2, 0.25) is 0 Å². The molecular weight excluding hydrogens is 277 g/mol. The van der Waals surface area contributed by atoms with Crippen molar-refractivity contribution in [2.75, 3.05) is 39.1 Å². The second-order valence-electron chi connectivity index (χ2n) is 6.67. The molecule has 1 N–H and O–H groups in total. The molecule has 0 aliphatic heterocycles. The van der Waals surface area contributed by atoms with Crippen molar-refractivity contribution in [3.05, 3.63) is 29.6 Å². The average Bonchev–Trinajstić information content (AvgIpc) is 2.53. The Labute approximate surface area is 134 Å². The number of halogens is 1. The Hall–Kier alpha value is -1.13. The molecule has 1 aliphatic carbocycles. The minimum atomic E-state index is -0.106. The fourth-order valence-corrected chi connectivity index (χ4v) is 3.14. The summed E-state index contributed by atoms with van der Waals surface area (Å²) in [6.45, 7) is 2.74. The van der Waals surface area contributed by atoms with E-state index >= 15 is 0 Å². The zero-order valence-electron chi connectivity index (χ0n) is 14.2. The van der Waals surface area contributed by atoms with Crippen LogP contribution in [0.5, 0.6) is 0 Å². The van der Waals surface area contributed by atoms with Gasteiger partial charge in [-0.3, -0.25) is 0 Å². The summed E-state index contributed by atoms with van der Waals surface area (Å²) in [5, 5.41) is 3.42. The first-order chi connectivity index (χ1) is 10.6. The van der Waals surface area contributed by atoms with E-state index in [1.165, 1.54) is 32.1 Å². The molecule has 3 nitrogen and oxygen atoms in total. The molecular formula is C18H30FN3. The predicted molar refractivity (Wildman–Crippen MR) is 91.9 cm³/mol. The van der Waals surface area contributed by atoms with Crippen LogP contribution in [0.2, 0.25) is 0 Å². The number of anilines is 1. The van der Waals surface area contributed by atoms with Crippen molar-refractivity contribution in [1.82, 2.24) is 10.2 Å². The largest absolute Gasteiger partial charge is 0.369 e. The van der Waals surface area contributed by atoms with Crippen LogP contribution in [0.3, 0.4) is 0 Å². The van der Waals surface area contributed by atoms with Gasteiger partial charge in [0, 0.05) is 32.7 Å². The molecule has 1 aromatic rings. The normalized spacial score (nSPS) is 16.2. The third kappa shape index (κ3) is 4.96. The van der Waals surface area contributed by atoms with Gasteiger partial charge in [0.25, 0.3) is 0 Å². The Balaban J connectivity index is 1.96. The van der Waals surface area contributed by atoms with Crippen molar-refractivity contribution in [2.24, 2.45) is 0 Å². The van der Waals surface area contributed by atoms with E-state index in [-0.39, 0.29) is 5.82 Å². The lowest BCUT2D eigenvalue weighted by atomic mass is 9.94. The molecule has 0 atom stereocenters. The third-order valence-corrected chi connectivity index (χ3v) is 4.58. The number of benzene rings is 1. The second-order valence-corrected chi connectivity index (χ2v) is 6.67. The molecule has 0 unspecified atom stereocenters. The highest BCUT2D eigenvalue weighted by Crippen LogP contribution is 2.28. The quantitative estimate of drug-likeness (QED) is 0.780. The van der Waals surface area contributed by atoms with Crippen LogP contribution in [0.4, 0.5) is 10.1 Å². The lowest BCUT2D eigenvalue weighted by Crippen LogP contribution is -2.34. The van der Waals surface area contributed by atoms with E-state index in [1.807, 2.05) is 19.2 Å². The molecule has 1 aromatic carbocycles. The van der Waals surface area contributed by atoms with Crippen LogP contribution < -0.4 is 10.2 Å². The van der Waals surface area contributed by atoms with Crippen molar-refractivity contribution in [3.63, 3.8) is 0 Å². The molecule has 0 spiro atoms. The molecule has 4 heteroatoms. The Morgan fingerprint density at radius 1 is 1.14 bits per heavy atom. The Morgan fingerprint density at radius 3 is 2.55 bits per heavy atom. The van der Waals surface area contributed by atoms with Crippen molar-refractivity contribution in [3.8, 4) is 0 Å². The molecule has 0 radical (unpaired) electrons. The van der Waals surface area contributed by atoms with Gasteiger partial charge >= 0.3 is 0 Å². The van der Waals surface area contributed by atoms with Crippen LogP contribution in [0.1, 0.15) is 37.7 Å². The van der Waals surface area contributed by atoms with Gasteiger partial charge in [-0.25, -0.2) is 4.39 Å². The van der Waals surface area contributed by atoms with Crippen molar-refractivity contribution < 1.29 is 4.39 Å². The number of hydrogen-bond donors (Lipinski definition) is 1. The molecule has 22 heavy (non-hydrogen) atoms. The molecule has 1 saturated carbocycles. The minimum absolute atomic E-state index is 0.106. The maximum absolute atomic E-state index is 14.2. The molecule has 0 heterocycles. The zero-order chi connectivity index (χ0) is 15.9. The number of hydrogen-bond acceptors (Lipinski definition) is 3. The average molecular weight is 307 g/mol. The topological polar surface area (TPSA) is 18.5 Å². The van der Waals surface area contributed by atoms with E-state index < -0.39 is 0 Å². The van der Waals surface area contributed by atoms with Crippen molar-refractivity contribution in [2.45, 2.75) is 44.7 Å². The minimum Gasteiger partial charge on any atom is -0.369 e. The first-order valence-corrected chi connectivity index (χ1v) is 8.44. The maximum Gasteiger partial charge on any atom is 0.146 e. The van der Waals surface area contributed by atoms with Gasteiger partial charge < -0.3 is 15.1 Å². The van der Waals surface area contributed by atoms with Gasteiger partial charge in [-0.15, -0.1) is 0 Å². The highest BCUT2D eigenvalue weighted by atomic mass is 19.1. The summed E-state index contributed by atoms with van der Waals surface area (Å²) in [7, 11) is 6.17. The first-order valence-electron chi connectivity index (χ1n) is 8.44. The van der Waals surface area contributed by atoms with Crippen LogP contribution >= 0.6 is 0 Å². The van der Waals surface area contributed by atoms with Crippen LogP contribution in [-0.2, 0) is 6.54 Å². The molecule has 124 valence electrons. The standard InChI is InChI=1S/C18H30FN3/c1-21(2)12-11-20-14-15-9-10-17(19)18(13-15)22(3)16-7-5-4-6-8-16/h9-10,13,16,20H,4-8,11-12,14H2,1-3H3. The summed E-state index contributed by atoms with van der Waals surface area (Å²) in [6, 6.07) is 5.99. The first kappa shape index (κ1) is 17.2. The Kier molecular flexibility index (Phi) is 6.65. The van der Waals surface area contributed by atoms with E-state index in [1.54, 1.807) is 6.07 Å². The number of likely N-dealkylation sites (N-methyl/N-ethyl adjacent to an activating group) is 1. The summed E-state index contributed by atoms with van der Waals surface area (Å²) < 4.78 is 14.2. The zero-order valence-corrected chi connectivity index (χ0v) is 14.2.